The third-order valence-corrected chi connectivity index (χ3v) is 3.29. The molecule has 142 valence electrons. The number of hydrogen-bond donors (Lipinski definition) is 2. The smallest absolute Gasteiger partial charge is 0.325 e. The summed E-state index contributed by atoms with van der Waals surface area (Å²) in [6.45, 7) is -1.15. The van der Waals surface area contributed by atoms with Crippen molar-refractivity contribution in [2.75, 3.05) is 25.6 Å². The van der Waals surface area contributed by atoms with Crippen LogP contribution in [0.1, 0.15) is 10.4 Å². The molecule has 0 spiro atoms. The van der Waals surface area contributed by atoms with E-state index in [0.29, 0.717) is 17.5 Å². The molecule has 2 aromatic rings. The number of esters is 1. The number of nitrogens with one attached hydrogen (secondary N) is 2. The summed E-state index contributed by atoms with van der Waals surface area (Å²) in [5.41, 5.74) is 0.0375. The molecule has 0 atom stereocenters. The Kier molecular flexibility index (Phi) is 6.81. The van der Waals surface area contributed by atoms with E-state index >= 15 is 0 Å². The number of rotatable bonds is 7. The Morgan fingerprint density at radius 1 is 1.07 bits per heavy atom. The number of carbonyl (C=O) groups is 3. The Morgan fingerprint density at radius 3 is 2.56 bits per heavy atom. The van der Waals surface area contributed by atoms with E-state index < -0.39 is 48.1 Å². The van der Waals surface area contributed by atoms with Crippen molar-refractivity contribution < 1.29 is 32.6 Å². The number of anilines is 1. The maximum Gasteiger partial charge on any atom is 0.325 e. The first-order valence-electron chi connectivity index (χ1n) is 7.72. The van der Waals surface area contributed by atoms with Gasteiger partial charge >= 0.3 is 5.97 Å². The minimum atomic E-state index is -1.06. The van der Waals surface area contributed by atoms with Gasteiger partial charge in [0.15, 0.2) is 6.61 Å². The van der Waals surface area contributed by atoms with Gasteiger partial charge in [-0.05, 0) is 24.3 Å². The zero-order valence-corrected chi connectivity index (χ0v) is 14.3. The van der Waals surface area contributed by atoms with Crippen LogP contribution in [0.4, 0.5) is 14.5 Å². The lowest BCUT2D eigenvalue weighted by molar-refractivity contribution is -0.146. The second-order valence-corrected chi connectivity index (χ2v) is 5.25. The zero-order chi connectivity index (χ0) is 19.8. The SMILES string of the molecule is COc1cccc(NC(=O)COC(=O)CNC(=O)c2ccc(F)cc2F)c1. The number of halogens is 2. The molecule has 9 heteroatoms. The van der Waals surface area contributed by atoms with Gasteiger partial charge in [-0.25, -0.2) is 8.78 Å². The van der Waals surface area contributed by atoms with Crippen LogP contribution in [0.2, 0.25) is 0 Å². The van der Waals surface area contributed by atoms with E-state index in [-0.39, 0.29) is 0 Å². The molecule has 0 aliphatic rings. The number of benzene rings is 2. The molecule has 0 aliphatic heterocycles. The summed E-state index contributed by atoms with van der Waals surface area (Å²) >= 11 is 0. The fourth-order valence-corrected chi connectivity index (χ4v) is 2.02. The highest BCUT2D eigenvalue weighted by Gasteiger charge is 2.14. The normalized spacial score (nSPS) is 10.0. The van der Waals surface area contributed by atoms with Crippen molar-refractivity contribution >= 4 is 23.5 Å². The highest BCUT2D eigenvalue weighted by atomic mass is 19.1. The maximum absolute atomic E-state index is 13.5. The average molecular weight is 378 g/mol. The summed E-state index contributed by atoms with van der Waals surface area (Å²) in [7, 11) is 1.48. The summed E-state index contributed by atoms with van der Waals surface area (Å²) in [5, 5.41) is 4.63. The Bertz CT molecular complexity index is 857. The van der Waals surface area contributed by atoms with E-state index in [4.69, 9.17) is 9.47 Å². The number of methoxy groups -OCH3 is 1. The highest BCUT2D eigenvalue weighted by molar-refractivity contribution is 5.96. The van der Waals surface area contributed by atoms with Gasteiger partial charge in [0, 0.05) is 17.8 Å². The minimum absolute atomic E-state index is 0.417. The van der Waals surface area contributed by atoms with Crippen molar-refractivity contribution in [3.8, 4) is 5.75 Å². The van der Waals surface area contributed by atoms with Crippen molar-refractivity contribution in [2.45, 2.75) is 0 Å². The third kappa shape index (κ3) is 6.07. The van der Waals surface area contributed by atoms with Crippen molar-refractivity contribution in [3.63, 3.8) is 0 Å². The molecule has 0 saturated heterocycles. The first-order valence-corrected chi connectivity index (χ1v) is 7.72. The lowest BCUT2D eigenvalue weighted by Crippen LogP contribution is -2.32. The van der Waals surface area contributed by atoms with Gasteiger partial charge in [-0.2, -0.15) is 0 Å². The first kappa shape index (κ1) is 19.8. The Morgan fingerprint density at radius 2 is 1.85 bits per heavy atom. The quantitative estimate of drug-likeness (QED) is 0.718. The number of amides is 2. The molecule has 0 aromatic heterocycles. The van der Waals surface area contributed by atoms with Gasteiger partial charge in [0.05, 0.1) is 12.7 Å². The lowest BCUT2D eigenvalue weighted by Gasteiger charge is -2.09. The van der Waals surface area contributed by atoms with E-state index in [1.54, 1.807) is 24.3 Å². The summed E-state index contributed by atoms with van der Waals surface area (Å²) in [6.07, 6.45) is 0. The topological polar surface area (TPSA) is 93.7 Å². The van der Waals surface area contributed by atoms with Crippen molar-refractivity contribution in [1.29, 1.82) is 0 Å². The van der Waals surface area contributed by atoms with Gasteiger partial charge < -0.3 is 20.1 Å². The van der Waals surface area contributed by atoms with E-state index in [2.05, 4.69) is 10.6 Å². The monoisotopic (exact) mass is 378 g/mol. The average Bonchev–Trinajstić information content (AvgIpc) is 2.64. The fourth-order valence-electron chi connectivity index (χ4n) is 2.02. The van der Waals surface area contributed by atoms with Gasteiger partial charge in [-0.3, -0.25) is 14.4 Å². The molecule has 2 N–H and O–H groups in total. The first-order chi connectivity index (χ1) is 12.9. The molecule has 0 unspecified atom stereocenters. The summed E-state index contributed by atoms with van der Waals surface area (Å²) in [4.78, 5) is 35.1. The summed E-state index contributed by atoms with van der Waals surface area (Å²) < 4.78 is 36.0. The fraction of sp³-hybridized carbons (Fsp3) is 0.167. The van der Waals surface area contributed by atoms with Crippen LogP contribution in [-0.2, 0) is 14.3 Å². The molecular formula is C18H16F2N2O5. The van der Waals surface area contributed by atoms with Crippen LogP contribution >= 0.6 is 0 Å². The Hall–Kier alpha value is -3.49. The van der Waals surface area contributed by atoms with Gasteiger partial charge in [-0.15, -0.1) is 0 Å². The van der Waals surface area contributed by atoms with Crippen LogP contribution in [0.25, 0.3) is 0 Å². The van der Waals surface area contributed by atoms with Gasteiger partial charge in [0.25, 0.3) is 11.8 Å². The van der Waals surface area contributed by atoms with E-state index in [0.717, 1.165) is 12.1 Å². The molecule has 2 rings (SSSR count). The molecule has 0 bridgehead atoms. The Balaban J connectivity index is 1.76. The molecule has 0 fully saturated rings. The van der Waals surface area contributed by atoms with Crippen molar-refractivity contribution in [3.05, 3.63) is 59.7 Å². The number of ether oxygens (including phenoxy) is 2. The Labute approximate surface area is 153 Å². The zero-order valence-electron chi connectivity index (χ0n) is 14.3. The molecule has 27 heavy (non-hydrogen) atoms. The molecular weight excluding hydrogens is 362 g/mol. The maximum atomic E-state index is 13.5. The van der Waals surface area contributed by atoms with Crippen molar-refractivity contribution in [2.24, 2.45) is 0 Å². The van der Waals surface area contributed by atoms with E-state index in [1.165, 1.54) is 7.11 Å². The minimum Gasteiger partial charge on any atom is -0.497 e. The predicted molar refractivity (Wildman–Crippen MR) is 91.3 cm³/mol. The second-order valence-electron chi connectivity index (χ2n) is 5.25. The standard InChI is InChI=1S/C18H16F2N2O5/c1-26-13-4-2-3-12(8-13)22-16(23)10-27-17(24)9-21-18(25)14-6-5-11(19)7-15(14)20/h2-8H,9-10H2,1H3,(H,21,25)(H,22,23). The third-order valence-electron chi connectivity index (χ3n) is 3.29. The van der Waals surface area contributed by atoms with E-state index in [1.807, 2.05) is 0 Å². The lowest BCUT2D eigenvalue weighted by atomic mass is 10.2. The van der Waals surface area contributed by atoms with Crippen LogP contribution in [0.3, 0.4) is 0 Å². The number of hydrogen-bond acceptors (Lipinski definition) is 5. The summed E-state index contributed by atoms with van der Waals surface area (Å²) in [5.74, 6) is -3.74. The van der Waals surface area contributed by atoms with Gasteiger partial charge in [0.2, 0.25) is 0 Å². The van der Waals surface area contributed by atoms with Gasteiger partial charge in [-0.1, -0.05) is 6.07 Å². The molecule has 2 aromatic carbocycles. The molecule has 0 radical (unpaired) electrons. The predicted octanol–water partition coefficient (Wildman–Crippen LogP) is 1.89. The van der Waals surface area contributed by atoms with Crippen LogP contribution in [0.5, 0.6) is 5.75 Å². The van der Waals surface area contributed by atoms with Crippen molar-refractivity contribution in [1.82, 2.24) is 5.32 Å². The highest BCUT2D eigenvalue weighted by Crippen LogP contribution is 2.16. The van der Waals surface area contributed by atoms with Crippen LogP contribution < -0.4 is 15.4 Å². The molecule has 0 saturated carbocycles. The van der Waals surface area contributed by atoms with Crippen LogP contribution in [0, 0.1) is 11.6 Å². The molecule has 7 nitrogen and oxygen atoms in total. The van der Waals surface area contributed by atoms with Gasteiger partial charge in [0.1, 0.15) is 23.9 Å². The van der Waals surface area contributed by atoms with Crippen LogP contribution in [0.15, 0.2) is 42.5 Å². The largest absolute Gasteiger partial charge is 0.497 e. The van der Waals surface area contributed by atoms with Crippen LogP contribution in [-0.4, -0.2) is 38.0 Å². The molecule has 0 heterocycles. The molecule has 2 amide bonds. The van der Waals surface area contributed by atoms with E-state index in [9.17, 15) is 23.2 Å². The molecule has 0 aliphatic carbocycles. The second kappa shape index (κ2) is 9.27. The number of carbonyl (C=O) groups excluding carboxylic acids is 3. The summed E-state index contributed by atoms with van der Waals surface area (Å²) in [6, 6.07) is 8.99.